The number of nitrogens with one attached hydrogen (secondary N) is 2. The van der Waals surface area contributed by atoms with Gasteiger partial charge in [0.15, 0.2) is 0 Å². The molecule has 2 aromatic rings. The lowest BCUT2D eigenvalue weighted by molar-refractivity contribution is 0.249. The van der Waals surface area contributed by atoms with Crippen molar-refractivity contribution in [2.24, 2.45) is 7.05 Å². The summed E-state index contributed by atoms with van der Waals surface area (Å²) in [5, 5.41) is 9.70. The lowest BCUT2D eigenvalue weighted by atomic mass is 10.2. The summed E-state index contributed by atoms with van der Waals surface area (Å²) in [6.45, 7) is 1.26. The van der Waals surface area contributed by atoms with Gasteiger partial charge in [-0.25, -0.2) is 9.18 Å². The van der Waals surface area contributed by atoms with Crippen LogP contribution in [-0.4, -0.2) is 42.1 Å². The minimum atomic E-state index is -0.332. The molecule has 0 radical (unpaired) electrons. The molecule has 8 heteroatoms. The van der Waals surface area contributed by atoms with Gasteiger partial charge in [-0.05, 0) is 18.6 Å². The van der Waals surface area contributed by atoms with Crippen molar-refractivity contribution < 1.29 is 13.9 Å². The number of para-hydroxylation sites is 1. The number of hydrogen-bond donors (Lipinski definition) is 2. The Balaban J connectivity index is 1.57. The fraction of sp³-hybridized carbons (Fsp3) is 0.375. The number of hydrogen-bond acceptors (Lipinski definition) is 4. The van der Waals surface area contributed by atoms with E-state index in [0.29, 0.717) is 30.3 Å². The molecule has 0 bridgehead atoms. The molecule has 2 heterocycles. The van der Waals surface area contributed by atoms with Crippen molar-refractivity contribution in [1.29, 1.82) is 0 Å². The van der Waals surface area contributed by atoms with Crippen LogP contribution in [0.4, 0.5) is 20.6 Å². The summed E-state index contributed by atoms with van der Waals surface area (Å²) in [4.78, 5) is 14.1. The smallest absolute Gasteiger partial charge is 0.319 e. The largest absolute Gasteiger partial charge is 0.478 e. The van der Waals surface area contributed by atoms with Crippen molar-refractivity contribution in [2.75, 3.05) is 30.4 Å². The van der Waals surface area contributed by atoms with E-state index >= 15 is 0 Å². The van der Waals surface area contributed by atoms with Crippen LogP contribution in [0.15, 0.2) is 30.5 Å². The molecule has 128 valence electrons. The molecule has 0 unspecified atom stereocenters. The number of carbonyl (C=O) groups is 1. The molecule has 1 fully saturated rings. The van der Waals surface area contributed by atoms with Crippen molar-refractivity contribution in [2.45, 2.75) is 12.5 Å². The first-order chi connectivity index (χ1) is 11.6. The van der Waals surface area contributed by atoms with E-state index in [9.17, 15) is 9.18 Å². The molecule has 1 saturated heterocycles. The summed E-state index contributed by atoms with van der Waals surface area (Å²) in [6.07, 6.45) is 2.42. The number of nitrogens with zero attached hydrogens (tertiary/aromatic N) is 3. The second-order valence-corrected chi connectivity index (χ2v) is 5.71. The molecule has 2 N–H and O–H groups in total. The average molecular weight is 333 g/mol. The highest BCUT2D eigenvalue weighted by Crippen LogP contribution is 2.24. The molecule has 2 amide bonds. The summed E-state index contributed by atoms with van der Waals surface area (Å²) in [5.74, 6) is 0.106. The Bertz CT molecular complexity index is 733. The SMILES string of the molecule is COc1nn(C)cc1NC(=O)N[C@@H]1CCN(c2ccccc2F)C1. The quantitative estimate of drug-likeness (QED) is 0.897. The van der Waals surface area contributed by atoms with E-state index in [-0.39, 0.29) is 17.9 Å². The Morgan fingerprint density at radius 3 is 2.96 bits per heavy atom. The monoisotopic (exact) mass is 333 g/mol. The van der Waals surface area contributed by atoms with Crippen LogP contribution in [-0.2, 0) is 7.05 Å². The number of urea groups is 1. The fourth-order valence-electron chi connectivity index (χ4n) is 2.85. The number of benzene rings is 1. The Morgan fingerprint density at radius 2 is 2.21 bits per heavy atom. The summed E-state index contributed by atoms with van der Waals surface area (Å²) >= 11 is 0. The molecule has 0 spiro atoms. The summed E-state index contributed by atoms with van der Waals surface area (Å²) in [7, 11) is 3.24. The molecular formula is C16H20FN5O2. The first kappa shape index (κ1) is 16.1. The zero-order valence-electron chi connectivity index (χ0n) is 13.6. The topological polar surface area (TPSA) is 71.4 Å². The third-order valence-electron chi connectivity index (χ3n) is 3.95. The standard InChI is InChI=1S/C16H20FN5O2/c1-21-10-13(15(20-21)24-2)19-16(23)18-11-7-8-22(9-11)14-6-4-3-5-12(14)17/h3-6,10-11H,7-9H2,1-2H3,(H2,18,19,23)/t11-/m1/s1. The molecule has 1 aliphatic rings. The zero-order valence-corrected chi connectivity index (χ0v) is 13.6. The van der Waals surface area contributed by atoms with Crippen molar-refractivity contribution in [1.82, 2.24) is 15.1 Å². The van der Waals surface area contributed by atoms with Gasteiger partial charge in [0, 0.05) is 26.2 Å². The number of aromatic nitrogens is 2. The third kappa shape index (κ3) is 3.42. The number of ether oxygens (including phenoxy) is 1. The molecule has 3 rings (SSSR count). The normalized spacial score (nSPS) is 17.0. The number of methoxy groups -OCH3 is 1. The van der Waals surface area contributed by atoms with Crippen molar-refractivity contribution in [3.8, 4) is 5.88 Å². The number of halogens is 1. The predicted molar refractivity (Wildman–Crippen MR) is 88.9 cm³/mol. The minimum absolute atomic E-state index is 0.0488. The van der Waals surface area contributed by atoms with E-state index in [2.05, 4.69) is 15.7 Å². The van der Waals surface area contributed by atoms with Gasteiger partial charge in [0.2, 0.25) is 0 Å². The van der Waals surface area contributed by atoms with Gasteiger partial charge in [-0.3, -0.25) is 4.68 Å². The molecule has 1 aromatic carbocycles. The maximum atomic E-state index is 13.8. The van der Waals surface area contributed by atoms with E-state index < -0.39 is 0 Å². The molecule has 24 heavy (non-hydrogen) atoms. The van der Waals surface area contributed by atoms with Gasteiger partial charge in [0.1, 0.15) is 11.5 Å². The fourth-order valence-corrected chi connectivity index (χ4v) is 2.85. The first-order valence-electron chi connectivity index (χ1n) is 7.71. The average Bonchev–Trinajstić information content (AvgIpc) is 3.14. The summed E-state index contributed by atoms with van der Waals surface area (Å²) < 4.78 is 20.5. The molecule has 7 nitrogen and oxygen atoms in total. The van der Waals surface area contributed by atoms with E-state index in [0.717, 1.165) is 6.42 Å². The number of rotatable bonds is 4. The predicted octanol–water partition coefficient (Wildman–Crippen LogP) is 1.97. The van der Waals surface area contributed by atoms with Crippen LogP contribution in [0.3, 0.4) is 0 Å². The Hall–Kier alpha value is -2.77. The van der Waals surface area contributed by atoms with Gasteiger partial charge in [-0.1, -0.05) is 12.1 Å². The first-order valence-corrected chi connectivity index (χ1v) is 7.71. The summed E-state index contributed by atoms with van der Waals surface area (Å²) in [6, 6.07) is 6.28. The van der Waals surface area contributed by atoms with Crippen LogP contribution in [0, 0.1) is 5.82 Å². The van der Waals surface area contributed by atoms with Crippen LogP contribution < -0.4 is 20.3 Å². The number of anilines is 2. The molecule has 0 aliphatic carbocycles. The van der Waals surface area contributed by atoms with Crippen LogP contribution >= 0.6 is 0 Å². The van der Waals surface area contributed by atoms with Gasteiger partial charge >= 0.3 is 6.03 Å². The second kappa shape index (κ2) is 6.77. The van der Waals surface area contributed by atoms with Crippen molar-refractivity contribution in [3.63, 3.8) is 0 Å². The van der Waals surface area contributed by atoms with E-state index in [1.54, 1.807) is 36.1 Å². The molecular weight excluding hydrogens is 313 g/mol. The maximum Gasteiger partial charge on any atom is 0.319 e. The van der Waals surface area contributed by atoms with Crippen LogP contribution in [0.2, 0.25) is 0 Å². The van der Waals surface area contributed by atoms with E-state index in [1.807, 2.05) is 4.90 Å². The Labute approximate surface area is 139 Å². The van der Waals surface area contributed by atoms with Crippen molar-refractivity contribution >= 4 is 17.4 Å². The third-order valence-corrected chi connectivity index (χ3v) is 3.95. The highest BCUT2D eigenvalue weighted by molar-refractivity contribution is 5.90. The van der Waals surface area contributed by atoms with Crippen LogP contribution in [0.25, 0.3) is 0 Å². The number of amides is 2. The van der Waals surface area contributed by atoms with E-state index in [1.165, 1.54) is 13.2 Å². The van der Waals surface area contributed by atoms with Gasteiger partial charge < -0.3 is 20.3 Å². The Morgan fingerprint density at radius 1 is 1.42 bits per heavy atom. The van der Waals surface area contributed by atoms with Crippen LogP contribution in [0.1, 0.15) is 6.42 Å². The molecule has 1 aromatic heterocycles. The number of aryl methyl sites for hydroxylation is 1. The van der Waals surface area contributed by atoms with E-state index in [4.69, 9.17) is 4.74 Å². The van der Waals surface area contributed by atoms with Crippen LogP contribution in [0.5, 0.6) is 5.88 Å². The lowest BCUT2D eigenvalue weighted by Crippen LogP contribution is -2.39. The zero-order chi connectivity index (χ0) is 17.1. The molecule has 0 saturated carbocycles. The maximum absolute atomic E-state index is 13.8. The highest BCUT2D eigenvalue weighted by atomic mass is 19.1. The minimum Gasteiger partial charge on any atom is -0.478 e. The lowest BCUT2D eigenvalue weighted by Gasteiger charge is -2.19. The van der Waals surface area contributed by atoms with Crippen molar-refractivity contribution in [3.05, 3.63) is 36.3 Å². The van der Waals surface area contributed by atoms with Gasteiger partial charge in [-0.15, -0.1) is 5.10 Å². The summed E-state index contributed by atoms with van der Waals surface area (Å²) in [5.41, 5.74) is 1.07. The van der Waals surface area contributed by atoms with Gasteiger partial charge in [0.25, 0.3) is 5.88 Å². The molecule has 1 aliphatic heterocycles. The molecule has 1 atom stereocenters. The Kier molecular flexibility index (Phi) is 4.54. The van der Waals surface area contributed by atoms with Gasteiger partial charge in [-0.2, -0.15) is 0 Å². The van der Waals surface area contributed by atoms with Gasteiger partial charge in [0.05, 0.1) is 19.0 Å². The number of carbonyl (C=O) groups excluding carboxylic acids is 1. The highest BCUT2D eigenvalue weighted by Gasteiger charge is 2.26. The second-order valence-electron chi connectivity index (χ2n) is 5.71.